The lowest BCUT2D eigenvalue weighted by atomic mass is 9.95. The normalized spacial score (nSPS) is 19.0. The Balaban J connectivity index is 1.60. The van der Waals surface area contributed by atoms with Gasteiger partial charge in [-0.25, -0.2) is 4.79 Å². The molecular formula is C21H22Cl2N2O5. The monoisotopic (exact) mass is 452 g/mol. The maximum atomic E-state index is 12.3. The minimum atomic E-state index is -1.11. The Morgan fingerprint density at radius 2 is 2.00 bits per heavy atom. The summed E-state index contributed by atoms with van der Waals surface area (Å²) in [6, 6.07) is 11.6. The summed E-state index contributed by atoms with van der Waals surface area (Å²) in [5.74, 6) is -1.36. The first-order valence-electron chi connectivity index (χ1n) is 9.45. The topological polar surface area (TPSA) is 96.9 Å². The number of amides is 1. The van der Waals surface area contributed by atoms with Crippen LogP contribution in [0.3, 0.4) is 0 Å². The summed E-state index contributed by atoms with van der Waals surface area (Å²) >= 11 is 12.2. The summed E-state index contributed by atoms with van der Waals surface area (Å²) in [5.41, 5.74) is 0.894. The van der Waals surface area contributed by atoms with Gasteiger partial charge in [-0.2, -0.15) is 0 Å². The third-order valence-electron chi connectivity index (χ3n) is 4.72. The largest absolute Gasteiger partial charge is 0.483 e. The van der Waals surface area contributed by atoms with Gasteiger partial charge in [0.25, 0.3) is 5.91 Å². The molecule has 0 aromatic heterocycles. The molecule has 2 unspecified atom stereocenters. The van der Waals surface area contributed by atoms with E-state index in [2.05, 4.69) is 10.6 Å². The molecule has 0 saturated carbocycles. The number of aromatic carboxylic acids is 1. The molecule has 2 aromatic rings. The fourth-order valence-corrected chi connectivity index (χ4v) is 3.54. The van der Waals surface area contributed by atoms with Crippen molar-refractivity contribution in [3.05, 3.63) is 63.6 Å². The highest BCUT2D eigenvalue weighted by Crippen LogP contribution is 2.31. The second-order valence-corrected chi connectivity index (χ2v) is 7.64. The number of benzene rings is 2. The molecule has 2 atom stereocenters. The van der Waals surface area contributed by atoms with Crippen molar-refractivity contribution in [3.8, 4) is 5.75 Å². The molecule has 9 heteroatoms. The van der Waals surface area contributed by atoms with Gasteiger partial charge in [0.1, 0.15) is 11.3 Å². The number of rotatable bonds is 7. The van der Waals surface area contributed by atoms with Gasteiger partial charge in [-0.3, -0.25) is 4.79 Å². The van der Waals surface area contributed by atoms with Gasteiger partial charge in [-0.1, -0.05) is 41.4 Å². The first-order chi connectivity index (χ1) is 14.5. The highest BCUT2D eigenvalue weighted by molar-refractivity contribution is 6.42. The van der Waals surface area contributed by atoms with E-state index in [4.69, 9.17) is 32.7 Å². The molecule has 160 valence electrons. The van der Waals surface area contributed by atoms with Crippen LogP contribution >= 0.6 is 23.2 Å². The molecule has 30 heavy (non-hydrogen) atoms. The molecule has 0 aliphatic carbocycles. The zero-order valence-corrected chi connectivity index (χ0v) is 17.6. The number of carbonyl (C=O) groups is 2. The lowest BCUT2D eigenvalue weighted by Gasteiger charge is -2.25. The highest BCUT2D eigenvalue weighted by atomic mass is 35.5. The van der Waals surface area contributed by atoms with Crippen LogP contribution in [0.4, 0.5) is 0 Å². The minimum absolute atomic E-state index is 0.00588. The lowest BCUT2D eigenvalue weighted by Crippen LogP contribution is -2.38. The number of para-hydroxylation sites is 1. The fraction of sp³-hybridized carbons (Fsp3) is 0.333. The van der Waals surface area contributed by atoms with Crippen molar-refractivity contribution in [2.24, 2.45) is 5.92 Å². The number of carboxylic acid groups (broad SMARTS) is 1. The predicted octanol–water partition coefficient (Wildman–Crippen LogP) is 3.16. The maximum Gasteiger partial charge on any atom is 0.339 e. The second-order valence-electron chi connectivity index (χ2n) is 6.82. The molecule has 1 fully saturated rings. The molecule has 1 amide bonds. The van der Waals surface area contributed by atoms with Crippen LogP contribution < -0.4 is 15.4 Å². The third kappa shape index (κ3) is 5.86. The van der Waals surface area contributed by atoms with E-state index in [1.165, 1.54) is 12.1 Å². The van der Waals surface area contributed by atoms with Crippen molar-refractivity contribution in [1.82, 2.24) is 10.6 Å². The van der Waals surface area contributed by atoms with Gasteiger partial charge in [0.15, 0.2) is 6.61 Å². The number of hydrogen-bond donors (Lipinski definition) is 3. The van der Waals surface area contributed by atoms with Gasteiger partial charge in [-0.15, -0.1) is 0 Å². The van der Waals surface area contributed by atoms with Gasteiger partial charge < -0.3 is 25.2 Å². The molecule has 1 heterocycles. The molecular weight excluding hydrogens is 431 g/mol. The lowest BCUT2D eigenvalue weighted by molar-refractivity contribution is -0.123. The SMILES string of the molecule is O=C(COc1ccccc1C(=O)O)NCC1CNCCOC1c1ccc(Cl)c(Cl)c1. The van der Waals surface area contributed by atoms with E-state index in [9.17, 15) is 14.7 Å². The van der Waals surface area contributed by atoms with Crippen molar-refractivity contribution in [3.63, 3.8) is 0 Å². The fourth-order valence-electron chi connectivity index (χ4n) is 3.23. The Morgan fingerprint density at radius 1 is 1.20 bits per heavy atom. The average molecular weight is 453 g/mol. The van der Waals surface area contributed by atoms with Crippen molar-refractivity contribution in [1.29, 1.82) is 0 Å². The molecule has 1 aliphatic rings. The highest BCUT2D eigenvalue weighted by Gasteiger charge is 2.27. The number of ether oxygens (including phenoxy) is 2. The number of carboxylic acids is 1. The van der Waals surface area contributed by atoms with Crippen LogP contribution in [0.2, 0.25) is 10.0 Å². The molecule has 1 aliphatic heterocycles. The number of hydrogen-bond acceptors (Lipinski definition) is 5. The van der Waals surface area contributed by atoms with Crippen molar-refractivity contribution in [2.45, 2.75) is 6.10 Å². The zero-order chi connectivity index (χ0) is 21.5. The molecule has 0 spiro atoms. The molecule has 3 N–H and O–H groups in total. The standard InChI is InChI=1S/C21H22Cl2N2O5/c22-16-6-5-13(9-17(16)23)20-14(10-24-7-8-29-20)11-25-19(26)12-30-18-4-2-1-3-15(18)21(27)28/h1-6,9,14,20,24H,7-8,10-12H2,(H,25,26)(H,27,28). The molecule has 7 nitrogen and oxygen atoms in total. The van der Waals surface area contributed by atoms with Crippen LogP contribution in [0.15, 0.2) is 42.5 Å². The van der Waals surface area contributed by atoms with E-state index in [1.807, 2.05) is 6.07 Å². The Kier molecular flexibility index (Phi) is 7.93. The van der Waals surface area contributed by atoms with Crippen LogP contribution in [-0.4, -0.2) is 49.8 Å². The van der Waals surface area contributed by atoms with E-state index in [0.29, 0.717) is 36.3 Å². The molecule has 3 rings (SSSR count). The van der Waals surface area contributed by atoms with Crippen molar-refractivity contribution >= 4 is 35.1 Å². The van der Waals surface area contributed by atoms with Crippen LogP contribution in [0, 0.1) is 5.92 Å². The third-order valence-corrected chi connectivity index (χ3v) is 5.46. The van der Waals surface area contributed by atoms with Crippen LogP contribution in [0.25, 0.3) is 0 Å². The van der Waals surface area contributed by atoms with Gasteiger partial charge in [0, 0.05) is 25.6 Å². The Morgan fingerprint density at radius 3 is 2.77 bits per heavy atom. The smallest absolute Gasteiger partial charge is 0.339 e. The molecule has 0 bridgehead atoms. The second kappa shape index (κ2) is 10.6. The number of halogens is 2. The van der Waals surface area contributed by atoms with E-state index in [-0.39, 0.29) is 35.8 Å². The summed E-state index contributed by atoms with van der Waals surface area (Å²) in [5, 5.41) is 16.2. The van der Waals surface area contributed by atoms with E-state index in [1.54, 1.807) is 24.3 Å². The summed E-state index contributed by atoms with van der Waals surface area (Å²) in [6.45, 7) is 1.94. The van der Waals surface area contributed by atoms with Crippen molar-refractivity contribution < 1.29 is 24.2 Å². The van der Waals surface area contributed by atoms with E-state index < -0.39 is 5.97 Å². The molecule has 2 aromatic carbocycles. The summed E-state index contributed by atoms with van der Waals surface area (Å²) in [7, 11) is 0. The minimum Gasteiger partial charge on any atom is -0.483 e. The zero-order valence-electron chi connectivity index (χ0n) is 16.1. The Bertz CT molecular complexity index is 909. The Labute approximate surface area is 184 Å². The number of carbonyl (C=O) groups excluding carboxylic acids is 1. The van der Waals surface area contributed by atoms with E-state index >= 15 is 0 Å². The first-order valence-corrected chi connectivity index (χ1v) is 10.2. The number of nitrogens with one attached hydrogen (secondary N) is 2. The van der Waals surface area contributed by atoms with Crippen molar-refractivity contribution in [2.75, 3.05) is 32.8 Å². The van der Waals surface area contributed by atoms with Gasteiger partial charge in [0.05, 0.1) is 22.8 Å². The molecule has 0 radical (unpaired) electrons. The molecule has 1 saturated heterocycles. The predicted molar refractivity (Wildman–Crippen MR) is 113 cm³/mol. The van der Waals surface area contributed by atoms with Gasteiger partial charge in [0.2, 0.25) is 0 Å². The van der Waals surface area contributed by atoms with Crippen LogP contribution in [0.5, 0.6) is 5.75 Å². The summed E-state index contributed by atoms with van der Waals surface area (Å²) < 4.78 is 11.4. The van der Waals surface area contributed by atoms with Gasteiger partial charge >= 0.3 is 5.97 Å². The van der Waals surface area contributed by atoms with Gasteiger partial charge in [-0.05, 0) is 29.8 Å². The first kappa shape index (κ1) is 22.4. The Hall–Kier alpha value is -2.32. The van der Waals surface area contributed by atoms with E-state index in [0.717, 1.165) is 5.56 Å². The maximum absolute atomic E-state index is 12.3. The average Bonchev–Trinajstić information content (AvgIpc) is 2.98. The quantitative estimate of drug-likeness (QED) is 0.596. The van der Waals surface area contributed by atoms with Crippen LogP contribution in [-0.2, 0) is 9.53 Å². The van der Waals surface area contributed by atoms with Crippen LogP contribution in [0.1, 0.15) is 22.0 Å². The summed E-state index contributed by atoms with van der Waals surface area (Å²) in [4.78, 5) is 23.5. The summed E-state index contributed by atoms with van der Waals surface area (Å²) in [6.07, 6.45) is -0.260.